The molecule has 0 saturated carbocycles. The highest BCUT2D eigenvalue weighted by atomic mass is 32.2. The molecule has 0 radical (unpaired) electrons. The van der Waals surface area contributed by atoms with Gasteiger partial charge in [0.15, 0.2) is 9.84 Å². The van der Waals surface area contributed by atoms with Crippen molar-refractivity contribution < 1.29 is 8.42 Å². The van der Waals surface area contributed by atoms with Crippen molar-refractivity contribution in [2.45, 2.75) is 18.9 Å². The molecule has 0 aliphatic carbocycles. The lowest BCUT2D eigenvalue weighted by Crippen LogP contribution is -2.50. The minimum Gasteiger partial charge on any atom is -0.313 e. The van der Waals surface area contributed by atoms with Gasteiger partial charge in [-0.2, -0.15) is 0 Å². The van der Waals surface area contributed by atoms with Crippen LogP contribution < -0.4 is 5.32 Å². The molecule has 1 N–H and O–H groups in total. The fraction of sp³-hybridized carbons (Fsp3) is 1.00. The summed E-state index contributed by atoms with van der Waals surface area (Å²) in [5.74, 6) is 0.724. The maximum Gasteiger partial charge on any atom is 0.151 e. The lowest BCUT2D eigenvalue weighted by molar-refractivity contribution is 0.219. The summed E-state index contributed by atoms with van der Waals surface area (Å²) < 4.78 is 22.7. The van der Waals surface area contributed by atoms with Gasteiger partial charge < -0.3 is 10.2 Å². The lowest BCUT2D eigenvalue weighted by Gasteiger charge is -2.32. The first kappa shape index (κ1) is 10.4. The fourth-order valence-electron chi connectivity index (χ4n) is 1.99. The Labute approximate surface area is 85.6 Å². The van der Waals surface area contributed by atoms with Gasteiger partial charge in [0.1, 0.15) is 0 Å². The van der Waals surface area contributed by atoms with Gasteiger partial charge in [0.2, 0.25) is 0 Å². The molecule has 2 saturated heterocycles. The number of nitrogens with one attached hydrogen (secondary N) is 1. The Morgan fingerprint density at radius 3 is 2.71 bits per heavy atom. The Balaban J connectivity index is 1.82. The molecule has 0 aromatic carbocycles. The first-order valence-electron chi connectivity index (χ1n) is 5.32. The van der Waals surface area contributed by atoms with Crippen LogP contribution in [0.15, 0.2) is 0 Å². The number of nitrogens with zero attached hydrogens (tertiary/aromatic N) is 1. The minimum absolute atomic E-state index is 0.347. The monoisotopic (exact) mass is 218 g/mol. The van der Waals surface area contributed by atoms with Crippen LogP contribution in [0.25, 0.3) is 0 Å². The van der Waals surface area contributed by atoms with Crippen molar-refractivity contribution in [1.82, 2.24) is 10.2 Å². The van der Waals surface area contributed by atoms with Crippen molar-refractivity contribution in [3.63, 3.8) is 0 Å². The van der Waals surface area contributed by atoms with Gasteiger partial charge in [-0.3, -0.25) is 0 Å². The van der Waals surface area contributed by atoms with Gasteiger partial charge in [-0.15, -0.1) is 0 Å². The molecule has 4 nitrogen and oxygen atoms in total. The third-order valence-corrected chi connectivity index (χ3v) is 4.77. The van der Waals surface area contributed by atoms with Crippen LogP contribution in [-0.2, 0) is 9.84 Å². The highest BCUT2D eigenvalue weighted by Crippen LogP contribution is 2.09. The maximum atomic E-state index is 11.3. The van der Waals surface area contributed by atoms with Gasteiger partial charge in [-0.05, 0) is 25.9 Å². The summed E-state index contributed by atoms with van der Waals surface area (Å²) in [5.41, 5.74) is 0. The van der Waals surface area contributed by atoms with E-state index in [1.807, 2.05) is 0 Å². The number of hydrogen-bond acceptors (Lipinski definition) is 4. The van der Waals surface area contributed by atoms with Gasteiger partial charge >= 0.3 is 0 Å². The normalized spacial score (nSPS) is 33.3. The average Bonchev–Trinajstić information content (AvgIpc) is 2.20. The molecule has 14 heavy (non-hydrogen) atoms. The first-order chi connectivity index (χ1) is 6.66. The number of rotatable bonds is 2. The second kappa shape index (κ2) is 4.16. The minimum atomic E-state index is -2.74. The van der Waals surface area contributed by atoms with E-state index in [4.69, 9.17) is 0 Å². The van der Waals surface area contributed by atoms with E-state index in [1.54, 1.807) is 0 Å². The van der Waals surface area contributed by atoms with Gasteiger partial charge in [0, 0.05) is 19.1 Å². The summed E-state index contributed by atoms with van der Waals surface area (Å²) in [7, 11) is -2.74. The molecule has 2 aliphatic heterocycles. The zero-order chi connectivity index (χ0) is 10.0. The van der Waals surface area contributed by atoms with E-state index in [9.17, 15) is 8.42 Å². The van der Waals surface area contributed by atoms with Crippen LogP contribution in [-0.4, -0.2) is 57.0 Å². The van der Waals surface area contributed by atoms with E-state index in [0.717, 1.165) is 32.6 Å². The van der Waals surface area contributed by atoms with Crippen LogP contribution in [0.2, 0.25) is 0 Å². The maximum absolute atomic E-state index is 11.3. The van der Waals surface area contributed by atoms with E-state index in [2.05, 4.69) is 10.2 Å². The molecule has 0 bridgehead atoms. The van der Waals surface area contributed by atoms with Crippen LogP contribution in [0.4, 0.5) is 0 Å². The second-order valence-electron chi connectivity index (χ2n) is 4.25. The Morgan fingerprint density at radius 2 is 2.07 bits per heavy atom. The van der Waals surface area contributed by atoms with Crippen molar-refractivity contribution in [2.75, 3.05) is 37.7 Å². The van der Waals surface area contributed by atoms with Crippen molar-refractivity contribution >= 4 is 9.84 Å². The van der Waals surface area contributed by atoms with Gasteiger partial charge in [-0.25, -0.2) is 8.42 Å². The standard InChI is InChI=1S/C9H18N2O2S/c12-14(13)6-1-4-11(5-7-14)8-9-2-3-10-9/h9-10H,1-8H2. The predicted molar refractivity (Wildman–Crippen MR) is 56.1 cm³/mol. The summed E-state index contributed by atoms with van der Waals surface area (Å²) in [5, 5.41) is 3.34. The third-order valence-electron chi connectivity index (χ3n) is 3.05. The predicted octanol–water partition coefficient (Wildman–Crippen LogP) is -0.531. The fourth-order valence-corrected chi connectivity index (χ4v) is 3.30. The van der Waals surface area contributed by atoms with E-state index >= 15 is 0 Å². The third kappa shape index (κ3) is 2.68. The van der Waals surface area contributed by atoms with Crippen LogP contribution in [0.1, 0.15) is 12.8 Å². The molecule has 1 atom stereocenters. The number of hydrogen-bond donors (Lipinski definition) is 1. The molecule has 5 heteroatoms. The molecule has 2 rings (SSSR count). The Bertz CT molecular complexity index is 285. The lowest BCUT2D eigenvalue weighted by atomic mass is 10.1. The molecule has 0 aromatic heterocycles. The second-order valence-corrected chi connectivity index (χ2v) is 6.55. The Kier molecular flexibility index (Phi) is 3.09. The average molecular weight is 218 g/mol. The molecule has 0 amide bonds. The van der Waals surface area contributed by atoms with E-state index in [0.29, 0.717) is 17.5 Å². The van der Waals surface area contributed by atoms with Gasteiger partial charge in [-0.1, -0.05) is 0 Å². The molecule has 82 valence electrons. The summed E-state index contributed by atoms with van der Waals surface area (Å²) in [6.45, 7) is 3.81. The molecular weight excluding hydrogens is 200 g/mol. The SMILES string of the molecule is O=S1(=O)CCCN(CC2CCN2)CC1. The van der Waals surface area contributed by atoms with Crippen molar-refractivity contribution in [3.8, 4) is 0 Å². The van der Waals surface area contributed by atoms with Crippen molar-refractivity contribution in [2.24, 2.45) is 0 Å². The van der Waals surface area contributed by atoms with Crippen molar-refractivity contribution in [3.05, 3.63) is 0 Å². The molecule has 2 fully saturated rings. The van der Waals surface area contributed by atoms with Crippen LogP contribution in [0, 0.1) is 0 Å². The Morgan fingerprint density at radius 1 is 1.29 bits per heavy atom. The van der Waals surface area contributed by atoms with Crippen LogP contribution >= 0.6 is 0 Å². The quantitative estimate of drug-likeness (QED) is 0.677. The Hall–Kier alpha value is -0.130. The topological polar surface area (TPSA) is 49.4 Å². The van der Waals surface area contributed by atoms with E-state index in [-0.39, 0.29) is 0 Å². The van der Waals surface area contributed by atoms with Crippen LogP contribution in [0.3, 0.4) is 0 Å². The molecule has 2 heterocycles. The van der Waals surface area contributed by atoms with Crippen LogP contribution in [0.5, 0.6) is 0 Å². The largest absolute Gasteiger partial charge is 0.313 e. The zero-order valence-electron chi connectivity index (χ0n) is 8.41. The first-order valence-corrected chi connectivity index (χ1v) is 7.14. The van der Waals surface area contributed by atoms with Gasteiger partial charge in [0.25, 0.3) is 0 Å². The molecule has 1 unspecified atom stereocenters. The zero-order valence-corrected chi connectivity index (χ0v) is 9.22. The summed E-state index contributed by atoms with van der Waals surface area (Å²) in [6, 6.07) is 0.607. The van der Waals surface area contributed by atoms with E-state index < -0.39 is 9.84 Å². The van der Waals surface area contributed by atoms with Gasteiger partial charge in [0.05, 0.1) is 11.5 Å². The highest BCUT2D eigenvalue weighted by Gasteiger charge is 2.23. The summed E-state index contributed by atoms with van der Waals surface area (Å²) in [4.78, 5) is 2.28. The molecular formula is C9H18N2O2S. The molecule has 0 aromatic rings. The summed E-state index contributed by atoms with van der Waals surface area (Å²) in [6.07, 6.45) is 2.04. The van der Waals surface area contributed by atoms with Crippen molar-refractivity contribution in [1.29, 1.82) is 0 Å². The smallest absolute Gasteiger partial charge is 0.151 e. The number of sulfone groups is 1. The molecule has 2 aliphatic rings. The summed E-state index contributed by atoms with van der Waals surface area (Å²) >= 11 is 0. The van der Waals surface area contributed by atoms with E-state index in [1.165, 1.54) is 6.42 Å². The molecule has 0 spiro atoms. The highest BCUT2D eigenvalue weighted by molar-refractivity contribution is 7.91.